The Balaban J connectivity index is 2.05. The molecule has 5 heteroatoms. The van der Waals surface area contributed by atoms with E-state index in [-0.39, 0.29) is 0 Å². The van der Waals surface area contributed by atoms with Crippen LogP contribution in [0.3, 0.4) is 0 Å². The summed E-state index contributed by atoms with van der Waals surface area (Å²) >= 11 is 6.20. The molecule has 1 fully saturated rings. The largest absolute Gasteiger partial charge is 0.403 e. The molecule has 2 heterocycles. The van der Waals surface area contributed by atoms with Crippen molar-refractivity contribution in [2.24, 2.45) is 0 Å². The summed E-state index contributed by atoms with van der Waals surface area (Å²) < 4.78 is 0. The minimum atomic E-state index is 0.312. The van der Waals surface area contributed by atoms with E-state index in [1.807, 2.05) is 35.4 Å². The minimum Gasteiger partial charge on any atom is -0.403 e. The van der Waals surface area contributed by atoms with Crippen LogP contribution < -0.4 is 4.84 Å². The van der Waals surface area contributed by atoms with Crippen molar-refractivity contribution in [1.29, 1.82) is 5.26 Å². The molecule has 106 valence electrons. The van der Waals surface area contributed by atoms with Crippen LogP contribution in [0.2, 0.25) is 5.15 Å². The topological polar surface area (TPSA) is 49.1 Å². The lowest BCUT2D eigenvalue weighted by atomic mass is 10.0. The van der Waals surface area contributed by atoms with E-state index in [0.717, 1.165) is 31.5 Å². The van der Waals surface area contributed by atoms with Gasteiger partial charge < -0.3 is 4.84 Å². The highest BCUT2D eigenvalue weighted by Crippen LogP contribution is 2.35. The van der Waals surface area contributed by atoms with Gasteiger partial charge in [-0.1, -0.05) is 41.9 Å². The number of hydroxylamine groups is 2. The van der Waals surface area contributed by atoms with Crippen molar-refractivity contribution in [3.63, 3.8) is 0 Å². The van der Waals surface area contributed by atoms with Gasteiger partial charge in [0.1, 0.15) is 16.8 Å². The summed E-state index contributed by atoms with van der Waals surface area (Å²) in [5.74, 6) is 0.461. The molecule has 0 unspecified atom stereocenters. The molecule has 4 nitrogen and oxygen atoms in total. The Kier molecular flexibility index (Phi) is 4.05. The zero-order valence-corrected chi connectivity index (χ0v) is 12.2. The molecule has 1 saturated heterocycles. The maximum atomic E-state index is 9.52. The first-order chi connectivity index (χ1) is 10.3. The first-order valence-electron chi connectivity index (χ1n) is 6.86. The molecular weight excluding hydrogens is 286 g/mol. The summed E-state index contributed by atoms with van der Waals surface area (Å²) in [7, 11) is 0. The number of nitrogens with zero attached hydrogens (tertiary/aromatic N) is 3. The summed E-state index contributed by atoms with van der Waals surface area (Å²) in [6, 6.07) is 11.7. The molecule has 1 aromatic carbocycles. The van der Waals surface area contributed by atoms with E-state index < -0.39 is 0 Å². The van der Waals surface area contributed by atoms with Crippen molar-refractivity contribution >= 4 is 11.6 Å². The fourth-order valence-corrected chi connectivity index (χ4v) is 2.69. The summed E-state index contributed by atoms with van der Waals surface area (Å²) in [5, 5.41) is 11.7. The lowest BCUT2D eigenvalue weighted by Gasteiger charge is -2.18. The highest BCUT2D eigenvalue weighted by Gasteiger charge is 2.20. The summed E-state index contributed by atoms with van der Waals surface area (Å²) in [5.41, 5.74) is 1.91. The van der Waals surface area contributed by atoms with Gasteiger partial charge in [0.15, 0.2) is 5.75 Å². The van der Waals surface area contributed by atoms with Crippen molar-refractivity contribution < 1.29 is 4.84 Å². The average Bonchev–Trinajstić information content (AvgIpc) is 3.02. The Labute approximate surface area is 128 Å². The predicted octanol–water partition coefficient (Wildman–Crippen LogP) is 3.66. The molecular formula is C16H14ClN3O. The Hall–Kier alpha value is -2.09. The lowest BCUT2D eigenvalue weighted by molar-refractivity contribution is -0.0352. The van der Waals surface area contributed by atoms with E-state index in [1.165, 1.54) is 6.20 Å². The third-order valence-electron chi connectivity index (χ3n) is 3.46. The number of hydrogen-bond acceptors (Lipinski definition) is 4. The molecule has 0 aliphatic carbocycles. The van der Waals surface area contributed by atoms with Gasteiger partial charge in [0.25, 0.3) is 0 Å². The first-order valence-corrected chi connectivity index (χ1v) is 7.24. The van der Waals surface area contributed by atoms with Gasteiger partial charge in [-0.05, 0) is 18.4 Å². The molecule has 0 amide bonds. The van der Waals surface area contributed by atoms with Gasteiger partial charge in [0.2, 0.25) is 0 Å². The number of halogens is 1. The van der Waals surface area contributed by atoms with Crippen LogP contribution in [0.5, 0.6) is 5.75 Å². The molecule has 0 bridgehead atoms. The zero-order chi connectivity index (χ0) is 14.7. The van der Waals surface area contributed by atoms with Crippen LogP contribution in [-0.4, -0.2) is 23.1 Å². The van der Waals surface area contributed by atoms with Crippen LogP contribution in [0, 0.1) is 11.3 Å². The number of hydrogen-bond donors (Lipinski definition) is 0. The van der Waals surface area contributed by atoms with E-state index >= 15 is 0 Å². The Morgan fingerprint density at radius 2 is 1.90 bits per heavy atom. The standard InChI is InChI=1S/C16H14ClN3O/c17-16-15(12-6-2-1-3-7-12)13(10-18)14(11-19-16)21-20-8-4-5-9-20/h1-3,6-7,11H,4-5,8-9H2. The predicted molar refractivity (Wildman–Crippen MR) is 80.8 cm³/mol. The van der Waals surface area contributed by atoms with Gasteiger partial charge in [-0.15, -0.1) is 5.06 Å². The van der Waals surface area contributed by atoms with Gasteiger partial charge >= 0.3 is 0 Å². The van der Waals surface area contributed by atoms with Crippen LogP contribution in [0.15, 0.2) is 36.5 Å². The highest BCUT2D eigenvalue weighted by atomic mass is 35.5. The molecule has 0 atom stereocenters. The molecule has 3 rings (SSSR count). The molecule has 0 radical (unpaired) electrons. The Morgan fingerprint density at radius 1 is 1.19 bits per heavy atom. The van der Waals surface area contributed by atoms with Crippen molar-refractivity contribution in [3.05, 3.63) is 47.2 Å². The zero-order valence-electron chi connectivity index (χ0n) is 11.4. The lowest BCUT2D eigenvalue weighted by Crippen LogP contribution is -2.24. The molecule has 21 heavy (non-hydrogen) atoms. The number of pyridine rings is 1. The van der Waals surface area contributed by atoms with Crippen molar-refractivity contribution in [1.82, 2.24) is 10.0 Å². The van der Waals surface area contributed by atoms with Crippen molar-refractivity contribution in [2.75, 3.05) is 13.1 Å². The number of aromatic nitrogens is 1. The molecule has 0 saturated carbocycles. The molecule has 1 aliphatic heterocycles. The summed E-state index contributed by atoms with van der Waals surface area (Å²) in [6.07, 6.45) is 3.73. The third-order valence-corrected chi connectivity index (χ3v) is 3.75. The molecule has 0 spiro atoms. The summed E-state index contributed by atoms with van der Waals surface area (Å²) in [6.45, 7) is 1.74. The quantitative estimate of drug-likeness (QED) is 0.812. The SMILES string of the molecule is N#Cc1c(ON2CCCC2)cnc(Cl)c1-c1ccccc1. The van der Waals surface area contributed by atoms with Gasteiger partial charge in [0, 0.05) is 18.7 Å². The molecule has 1 aromatic heterocycles. The van der Waals surface area contributed by atoms with E-state index in [9.17, 15) is 5.26 Å². The highest BCUT2D eigenvalue weighted by molar-refractivity contribution is 6.32. The maximum Gasteiger partial charge on any atom is 0.184 e. The Bertz CT molecular complexity index is 676. The van der Waals surface area contributed by atoms with Gasteiger partial charge in [-0.2, -0.15) is 5.26 Å². The number of benzene rings is 1. The average molecular weight is 300 g/mol. The fourth-order valence-electron chi connectivity index (χ4n) is 2.44. The van der Waals surface area contributed by atoms with E-state index in [4.69, 9.17) is 16.4 Å². The molecule has 1 aliphatic rings. The second-order valence-electron chi connectivity index (χ2n) is 4.87. The second-order valence-corrected chi connectivity index (χ2v) is 5.23. The van der Waals surface area contributed by atoms with Gasteiger partial charge in [-0.3, -0.25) is 0 Å². The second kappa shape index (κ2) is 6.13. The fraction of sp³-hybridized carbons (Fsp3) is 0.250. The first kappa shape index (κ1) is 13.9. The third kappa shape index (κ3) is 2.85. The van der Waals surface area contributed by atoms with Crippen molar-refractivity contribution in [2.45, 2.75) is 12.8 Å². The Morgan fingerprint density at radius 3 is 2.57 bits per heavy atom. The van der Waals surface area contributed by atoms with Crippen LogP contribution in [-0.2, 0) is 0 Å². The maximum absolute atomic E-state index is 9.52. The van der Waals surface area contributed by atoms with E-state index in [0.29, 0.717) is 22.0 Å². The molecule has 2 aromatic rings. The van der Waals surface area contributed by atoms with Crippen LogP contribution in [0.1, 0.15) is 18.4 Å². The van der Waals surface area contributed by atoms with Crippen LogP contribution in [0.4, 0.5) is 0 Å². The monoisotopic (exact) mass is 299 g/mol. The number of rotatable bonds is 3. The van der Waals surface area contributed by atoms with Gasteiger partial charge in [0.05, 0.1) is 6.20 Å². The molecule has 0 N–H and O–H groups in total. The smallest absolute Gasteiger partial charge is 0.184 e. The summed E-state index contributed by atoms with van der Waals surface area (Å²) in [4.78, 5) is 9.97. The van der Waals surface area contributed by atoms with E-state index in [1.54, 1.807) is 0 Å². The van der Waals surface area contributed by atoms with E-state index in [2.05, 4.69) is 11.1 Å². The van der Waals surface area contributed by atoms with Crippen molar-refractivity contribution in [3.8, 4) is 22.9 Å². The van der Waals surface area contributed by atoms with Crippen LogP contribution in [0.25, 0.3) is 11.1 Å². The van der Waals surface area contributed by atoms with Crippen LogP contribution >= 0.6 is 11.6 Å². The normalized spacial score (nSPS) is 14.9. The number of nitriles is 1. The van der Waals surface area contributed by atoms with Gasteiger partial charge in [-0.25, -0.2) is 4.98 Å². The minimum absolute atomic E-state index is 0.312.